The van der Waals surface area contributed by atoms with Crippen molar-refractivity contribution in [2.75, 3.05) is 11.9 Å². The second-order valence-corrected chi connectivity index (χ2v) is 9.65. The lowest BCUT2D eigenvalue weighted by Crippen LogP contribution is -2.26. The minimum Gasteiger partial charge on any atom is -0.481 e. The van der Waals surface area contributed by atoms with Crippen LogP contribution in [0.4, 0.5) is 18.9 Å². The molecule has 8 nitrogen and oxygen atoms in total. The van der Waals surface area contributed by atoms with Gasteiger partial charge in [0.2, 0.25) is 0 Å². The van der Waals surface area contributed by atoms with Crippen molar-refractivity contribution < 1.29 is 32.7 Å². The topological polar surface area (TPSA) is 113 Å². The van der Waals surface area contributed by atoms with Crippen molar-refractivity contribution in [3.63, 3.8) is 0 Å². The van der Waals surface area contributed by atoms with Crippen LogP contribution in [-0.4, -0.2) is 39.2 Å². The monoisotopic (exact) mass is 604 g/mol. The van der Waals surface area contributed by atoms with Crippen LogP contribution in [0, 0.1) is 0 Å². The summed E-state index contributed by atoms with van der Waals surface area (Å²) in [4.78, 5) is 36.1. The molecule has 0 spiro atoms. The number of anilines is 1. The molecule has 0 aliphatic carbocycles. The minimum absolute atomic E-state index is 0.0228. The molecule has 1 aromatic heterocycles. The number of aliphatic carboxylic acids is 1. The second-order valence-electron chi connectivity index (χ2n) is 8.83. The molecule has 1 heterocycles. The van der Waals surface area contributed by atoms with Crippen molar-refractivity contribution in [3.8, 4) is 11.3 Å². The number of amides is 2. The highest BCUT2D eigenvalue weighted by Gasteiger charge is 2.30. The quantitative estimate of drug-likeness (QED) is 0.205. The molecular formula is C28H21Cl2F3N4O4. The van der Waals surface area contributed by atoms with E-state index in [0.717, 1.165) is 12.1 Å². The van der Waals surface area contributed by atoms with Crippen LogP contribution in [0.1, 0.15) is 38.4 Å². The van der Waals surface area contributed by atoms with Crippen molar-refractivity contribution in [3.05, 3.63) is 105 Å². The Hall–Kier alpha value is -4.35. The van der Waals surface area contributed by atoms with Crippen molar-refractivity contribution >= 4 is 46.7 Å². The zero-order valence-corrected chi connectivity index (χ0v) is 22.5. The smallest absolute Gasteiger partial charge is 0.416 e. The SMILES string of the molecule is O=C(O)CCNC(=O)c1ccc(Cn2nc(-c3ccc(Cl)c(Cl)c3)cc2C(=O)Nc2cccc(C(F)(F)F)c2)cc1. The minimum atomic E-state index is -4.58. The Labute approximate surface area is 241 Å². The average Bonchev–Trinajstić information content (AvgIpc) is 3.34. The third-order valence-electron chi connectivity index (χ3n) is 5.85. The average molecular weight is 605 g/mol. The van der Waals surface area contributed by atoms with Crippen molar-refractivity contribution in [1.82, 2.24) is 15.1 Å². The van der Waals surface area contributed by atoms with Crippen LogP contribution in [0.15, 0.2) is 72.8 Å². The Kier molecular flexibility index (Phi) is 8.99. The fraction of sp³-hybridized carbons (Fsp3) is 0.143. The zero-order chi connectivity index (χ0) is 29.7. The molecule has 3 aromatic carbocycles. The molecule has 0 radical (unpaired) electrons. The largest absolute Gasteiger partial charge is 0.481 e. The number of benzene rings is 3. The summed E-state index contributed by atoms with van der Waals surface area (Å²) < 4.78 is 40.9. The number of hydrogen-bond acceptors (Lipinski definition) is 4. The molecule has 0 saturated heterocycles. The summed E-state index contributed by atoms with van der Waals surface area (Å²) in [6, 6.07) is 16.9. The molecule has 0 aliphatic heterocycles. The summed E-state index contributed by atoms with van der Waals surface area (Å²) in [6.07, 6.45) is -4.79. The van der Waals surface area contributed by atoms with Crippen LogP contribution in [0.2, 0.25) is 10.0 Å². The maximum absolute atomic E-state index is 13.2. The molecule has 13 heteroatoms. The second kappa shape index (κ2) is 12.4. The van der Waals surface area contributed by atoms with E-state index in [9.17, 15) is 27.6 Å². The number of rotatable bonds is 9. The molecule has 4 rings (SSSR count). The van der Waals surface area contributed by atoms with Gasteiger partial charge in [0.25, 0.3) is 11.8 Å². The van der Waals surface area contributed by atoms with E-state index in [1.54, 1.807) is 30.3 Å². The summed E-state index contributed by atoms with van der Waals surface area (Å²) in [5, 5.41) is 18.8. The van der Waals surface area contributed by atoms with Gasteiger partial charge in [0, 0.05) is 23.4 Å². The zero-order valence-electron chi connectivity index (χ0n) is 21.0. The standard InChI is InChI=1S/C28H21Cl2F3N4O4/c29-21-9-8-18(12-22(21)30)23-14-24(27(41)35-20-3-1-2-19(13-20)28(31,32)33)37(36-23)15-16-4-6-17(7-5-16)26(40)34-11-10-25(38)39/h1-9,12-14H,10-11,15H2,(H,34,40)(H,35,41)(H,38,39). The molecule has 0 fully saturated rings. The van der Waals surface area contributed by atoms with Crippen LogP contribution < -0.4 is 10.6 Å². The Morgan fingerprint density at radius 2 is 1.63 bits per heavy atom. The predicted molar refractivity (Wildman–Crippen MR) is 147 cm³/mol. The van der Waals surface area contributed by atoms with E-state index in [-0.39, 0.29) is 35.9 Å². The van der Waals surface area contributed by atoms with E-state index in [1.165, 1.54) is 35.0 Å². The number of carbonyl (C=O) groups is 3. The van der Waals surface area contributed by atoms with E-state index in [0.29, 0.717) is 27.4 Å². The molecule has 0 saturated carbocycles. The van der Waals surface area contributed by atoms with Crippen LogP contribution in [-0.2, 0) is 17.5 Å². The first-order chi connectivity index (χ1) is 19.4. The van der Waals surface area contributed by atoms with Crippen molar-refractivity contribution in [2.45, 2.75) is 19.1 Å². The van der Waals surface area contributed by atoms with E-state index >= 15 is 0 Å². The van der Waals surface area contributed by atoms with Crippen molar-refractivity contribution in [1.29, 1.82) is 0 Å². The highest BCUT2D eigenvalue weighted by atomic mass is 35.5. The number of carboxylic acids is 1. The maximum Gasteiger partial charge on any atom is 0.416 e. The molecular weight excluding hydrogens is 584 g/mol. The molecule has 212 valence electrons. The number of nitrogens with zero attached hydrogens (tertiary/aromatic N) is 2. The highest BCUT2D eigenvalue weighted by Crippen LogP contribution is 2.31. The number of nitrogens with one attached hydrogen (secondary N) is 2. The molecule has 0 atom stereocenters. The van der Waals surface area contributed by atoms with E-state index < -0.39 is 29.5 Å². The van der Waals surface area contributed by atoms with Crippen LogP contribution in [0.25, 0.3) is 11.3 Å². The Balaban J connectivity index is 1.61. The lowest BCUT2D eigenvalue weighted by atomic mass is 10.1. The van der Waals surface area contributed by atoms with Gasteiger partial charge in [0.05, 0.1) is 34.3 Å². The normalized spacial score (nSPS) is 11.2. The first-order valence-electron chi connectivity index (χ1n) is 12.0. The van der Waals surface area contributed by atoms with Crippen LogP contribution >= 0.6 is 23.2 Å². The highest BCUT2D eigenvalue weighted by molar-refractivity contribution is 6.42. The van der Waals surface area contributed by atoms with Crippen LogP contribution in [0.5, 0.6) is 0 Å². The Morgan fingerprint density at radius 1 is 0.902 bits per heavy atom. The fourth-order valence-corrected chi connectivity index (χ4v) is 4.10. The van der Waals surface area contributed by atoms with Gasteiger partial charge in [-0.2, -0.15) is 18.3 Å². The summed E-state index contributed by atoms with van der Waals surface area (Å²) in [6.45, 7) is 0.0542. The third-order valence-corrected chi connectivity index (χ3v) is 6.59. The lowest BCUT2D eigenvalue weighted by Gasteiger charge is -2.11. The Bertz CT molecular complexity index is 1600. The lowest BCUT2D eigenvalue weighted by molar-refractivity contribution is -0.138. The van der Waals surface area contributed by atoms with Gasteiger partial charge in [-0.15, -0.1) is 0 Å². The molecule has 3 N–H and O–H groups in total. The van der Waals surface area contributed by atoms with Crippen LogP contribution in [0.3, 0.4) is 0 Å². The number of carbonyl (C=O) groups excluding carboxylic acids is 2. The first-order valence-corrected chi connectivity index (χ1v) is 12.8. The van der Waals surface area contributed by atoms with Gasteiger partial charge in [-0.1, -0.05) is 47.5 Å². The van der Waals surface area contributed by atoms with Gasteiger partial charge in [-0.05, 0) is 54.1 Å². The number of alkyl halides is 3. The molecule has 0 unspecified atom stereocenters. The number of aromatic nitrogens is 2. The van der Waals surface area contributed by atoms with Gasteiger partial charge >= 0.3 is 12.1 Å². The van der Waals surface area contributed by atoms with Gasteiger partial charge in [-0.25, -0.2) is 0 Å². The molecule has 4 aromatic rings. The van der Waals surface area contributed by atoms with E-state index in [1.807, 2.05) is 0 Å². The van der Waals surface area contributed by atoms with Gasteiger partial charge in [0.1, 0.15) is 5.69 Å². The molecule has 2 amide bonds. The van der Waals surface area contributed by atoms with Gasteiger partial charge in [0.15, 0.2) is 0 Å². The Morgan fingerprint density at radius 3 is 2.29 bits per heavy atom. The number of carboxylic acid groups (broad SMARTS) is 1. The predicted octanol–water partition coefficient (Wildman–Crippen LogP) is 6.38. The van der Waals surface area contributed by atoms with E-state index in [4.69, 9.17) is 28.3 Å². The molecule has 0 aliphatic rings. The molecule has 41 heavy (non-hydrogen) atoms. The summed E-state index contributed by atoms with van der Waals surface area (Å²) in [5.74, 6) is -2.18. The van der Waals surface area contributed by atoms with Gasteiger partial charge < -0.3 is 15.7 Å². The summed E-state index contributed by atoms with van der Waals surface area (Å²) >= 11 is 12.2. The number of hydrogen-bond donors (Lipinski definition) is 3. The third kappa shape index (κ3) is 7.65. The summed E-state index contributed by atoms with van der Waals surface area (Å²) in [7, 11) is 0. The first kappa shape index (κ1) is 29.6. The molecule has 0 bridgehead atoms. The van der Waals surface area contributed by atoms with E-state index in [2.05, 4.69) is 15.7 Å². The summed E-state index contributed by atoms with van der Waals surface area (Å²) in [5.41, 5.74) is 0.979. The van der Waals surface area contributed by atoms with Gasteiger partial charge in [-0.3, -0.25) is 19.1 Å². The van der Waals surface area contributed by atoms with Crippen molar-refractivity contribution in [2.24, 2.45) is 0 Å². The maximum atomic E-state index is 13.2. The number of halogens is 5. The fourth-order valence-electron chi connectivity index (χ4n) is 3.80.